The third-order valence-corrected chi connectivity index (χ3v) is 2.27. The third-order valence-electron chi connectivity index (χ3n) is 2.27. The molecular formula is C15H19NO. The highest BCUT2D eigenvalue weighted by atomic mass is 16.5. The van der Waals surface area contributed by atoms with Crippen molar-refractivity contribution < 1.29 is 4.74 Å². The van der Waals surface area contributed by atoms with Crippen molar-refractivity contribution in [3.63, 3.8) is 0 Å². The fourth-order valence-electron chi connectivity index (χ4n) is 1.38. The highest BCUT2D eigenvalue weighted by Gasteiger charge is 1.94. The minimum absolute atomic E-state index is 0.629. The van der Waals surface area contributed by atoms with Crippen molar-refractivity contribution in [2.24, 2.45) is 5.73 Å². The Hall–Kier alpha value is -1.80. The van der Waals surface area contributed by atoms with Gasteiger partial charge in [-0.05, 0) is 31.7 Å². The molecule has 2 nitrogen and oxygen atoms in total. The maximum atomic E-state index is 5.65. The zero-order chi connectivity index (χ0) is 12.5. The molecule has 0 fully saturated rings. The SMILES string of the molecule is CN.Cc1ccc(OCc2ccccc2)cc1. The minimum Gasteiger partial charge on any atom is -0.489 e. The van der Waals surface area contributed by atoms with E-state index in [1.165, 1.54) is 18.2 Å². The molecule has 2 aromatic rings. The largest absolute Gasteiger partial charge is 0.489 e. The van der Waals surface area contributed by atoms with Crippen molar-refractivity contribution in [1.82, 2.24) is 0 Å². The molecule has 0 saturated heterocycles. The average Bonchev–Trinajstić information content (AvgIpc) is 2.42. The van der Waals surface area contributed by atoms with Crippen LogP contribution in [0.2, 0.25) is 0 Å². The average molecular weight is 229 g/mol. The molecule has 0 atom stereocenters. The van der Waals surface area contributed by atoms with Gasteiger partial charge in [0.25, 0.3) is 0 Å². The highest BCUT2D eigenvalue weighted by molar-refractivity contribution is 5.26. The third kappa shape index (κ3) is 4.70. The van der Waals surface area contributed by atoms with Gasteiger partial charge in [0, 0.05) is 0 Å². The minimum atomic E-state index is 0.629. The molecule has 0 aromatic heterocycles. The summed E-state index contributed by atoms with van der Waals surface area (Å²) in [6.45, 7) is 2.70. The smallest absolute Gasteiger partial charge is 0.119 e. The zero-order valence-corrected chi connectivity index (χ0v) is 10.4. The summed E-state index contributed by atoms with van der Waals surface area (Å²) in [5.41, 5.74) is 6.94. The van der Waals surface area contributed by atoms with Gasteiger partial charge >= 0.3 is 0 Å². The fourth-order valence-corrected chi connectivity index (χ4v) is 1.38. The first-order valence-corrected chi connectivity index (χ1v) is 5.66. The van der Waals surface area contributed by atoms with Crippen molar-refractivity contribution in [2.45, 2.75) is 13.5 Å². The van der Waals surface area contributed by atoms with E-state index in [-0.39, 0.29) is 0 Å². The van der Waals surface area contributed by atoms with Gasteiger partial charge in [-0.2, -0.15) is 0 Å². The van der Waals surface area contributed by atoms with Crippen LogP contribution in [-0.4, -0.2) is 7.05 Å². The van der Waals surface area contributed by atoms with Crippen molar-refractivity contribution in [1.29, 1.82) is 0 Å². The summed E-state index contributed by atoms with van der Waals surface area (Å²) in [5.74, 6) is 0.921. The van der Waals surface area contributed by atoms with Gasteiger partial charge in [0.1, 0.15) is 12.4 Å². The van der Waals surface area contributed by atoms with Crippen LogP contribution in [0.3, 0.4) is 0 Å². The molecule has 2 heteroatoms. The molecule has 90 valence electrons. The van der Waals surface area contributed by atoms with Crippen LogP contribution in [-0.2, 0) is 6.61 Å². The molecule has 0 aliphatic carbocycles. The van der Waals surface area contributed by atoms with E-state index in [2.05, 4.69) is 36.9 Å². The molecule has 2 N–H and O–H groups in total. The second-order valence-electron chi connectivity index (χ2n) is 3.59. The number of benzene rings is 2. The van der Waals surface area contributed by atoms with E-state index >= 15 is 0 Å². The molecule has 0 radical (unpaired) electrons. The van der Waals surface area contributed by atoms with Crippen LogP contribution < -0.4 is 10.5 Å². The topological polar surface area (TPSA) is 35.2 Å². The number of aryl methyl sites for hydroxylation is 1. The summed E-state index contributed by atoms with van der Waals surface area (Å²) in [6.07, 6.45) is 0. The molecule has 2 aromatic carbocycles. The first-order valence-electron chi connectivity index (χ1n) is 5.66. The zero-order valence-electron chi connectivity index (χ0n) is 10.4. The lowest BCUT2D eigenvalue weighted by atomic mass is 10.2. The van der Waals surface area contributed by atoms with Gasteiger partial charge < -0.3 is 10.5 Å². The number of rotatable bonds is 3. The molecule has 0 heterocycles. The van der Waals surface area contributed by atoms with Crippen LogP contribution in [0.15, 0.2) is 54.6 Å². The lowest BCUT2D eigenvalue weighted by molar-refractivity contribution is 0.306. The predicted octanol–water partition coefficient (Wildman–Crippen LogP) is 3.15. The molecular weight excluding hydrogens is 210 g/mol. The predicted molar refractivity (Wildman–Crippen MR) is 72.1 cm³/mol. The Balaban J connectivity index is 0.000000686. The number of ether oxygens (including phenoxy) is 1. The maximum absolute atomic E-state index is 5.65. The van der Waals surface area contributed by atoms with E-state index in [9.17, 15) is 0 Å². The van der Waals surface area contributed by atoms with Crippen LogP contribution in [0.5, 0.6) is 5.75 Å². The Labute approximate surface area is 103 Å². The lowest BCUT2D eigenvalue weighted by Crippen LogP contribution is -1.94. The quantitative estimate of drug-likeness (QED) is 0.877. The summed E-state index contributed by atoms with van der Waals surface area (Å²) >= 11 is 0. The highest BCUT2D eigenvalue weighted by Crippen LogP contribution is 2.13. The number of hydrogen-bond donors (Lipinski definition) is 1. The second kappa shape index (κ2) is 7.47. The van der Waals surface area contributed by atoms with Gasteiger partial charge in [-0.25, -0.2) is 0 Å². The Bertz CT molecular complexity index is 409. The van der Waals surface area contributed by atoms with E-state index in [1.54, 1.807) is 0 Å². The molecule has 0 bridgehead atoms. The molecule has 17 heavy (non-hydrogen) atoms. The lowest BCUT2D eigenvalue weighted by Gasteiger charge is -2.06. The second-order valence-corrected chi connectivity index (χ2v) is 3.59. The van der Waals surface area contributed by atoms with Crippen molar-refractivity contribution >= 4 is 0 Å². The normalized spacial score (nSPS) is 9.12. The Morgan fingerprint density at radius 2 is 1.47 bits per heavy atom. The van der Waals surface area contributed by atoms with Gasteiger partial charge in [-0.1, -0.05) is 48.0 Å². The van der Waals surface area contributed by atoms with Crippen LogP contribution >= 0.6 is 0 Å². The van der Waals surface area contributed by atoms with Crippen LogP contribution in [0, 0.1) is 6.92 Å². The summed E-state index contributed by atoms with van der Waals surface area (Å²) in [4.78, 5) is 0. The van der Waals surface area contributed by atoms with Crippen LogP contribution in [0.1, 0.15) is 11.1 Å². The number of hydrogen-bond acceptors (Lipinski definition) is 2. The van der Waals surface area contributed by atoms with E-state index in [4.69, 9.17) is 4.74 Å². The van der Waals surface area contributed by atoms with Gasteiger partial charge in [-0.15, -0.1) is 0 Å². The molecule has 0 saturated carbocycles. The summed E-state index contributed by atoms with van der Waals surface area (Å²) < 4.78 is 5.65. The van der Waals surface area contributed by atoms with Gasteiger partial charge in [0.15, 0.2) is 0 Å². The van der Waals surface area contributed by atoms with Crippen molar-refractivity contribution in [3.8, 4) is 5.75 Å². The van der Waals surface area contributed by atoms with Crippen molar-refractivity contribution in [3.05, 3.63) is 65.7 Å². The number of nitrogens with two attached hydrogens (primary N) is 1. The van der Waals surface area contributed by atoms with E-state index in [0.717, 1.165) is 5.75 Å². The molecule has 0 aliphatic heterocycles. The molecule has 2 rings (SSSR count). The van der Waals surface area contributed by atoms with Crippen molar-refractivity contribution in [2.75, 3.05) is 7.05 Å². The van der Waals surface area contributed by atoms with Crippen LogP contribution in [0.25, 0.3) is 0 Å². The Morgan fingerprint density at radius 3 is 2.06 bits per heavy atom. The van der Waals surface area contributed by atoms with Gasteiger partial charge in [-0.3, -0.25) is 0 Å². The van der Waals surface area contributed by atoms with E-state index in [1.807, 2.05) is 30.3 Å². The summed E-state index contributed by atoms with van der Waals surface area (Å²) in [6, 6.07) is 18.3. The van der Waals surface area contributed by atoms with E-state index < -0.39 is 0 Å². The monoisotopic (exact) mass is 229 g/mol. The molecule has 0 unspecified atom stereocenters. The summed E-state index contributed by atoms with van der Waals surface area (Å²) in [7, 11) is 1.50. The van der Waals surface area contributed by atoms with Gasteiger partial charge in [0.05, 0.1) is 0 Å². The molecule has 0 spiro atoms. The first kappa shape index (κ1) is 13.3. The Morgan fingerprint density at radius 1 is 0.882 bits per heavy atom. The summed E-state index contributed by atoms with van der Waals surface area (Å²) in [5, 5.41) is 0. The molecule has 0 aliphatic rings. The van der Waals surface area contributed by atoms with Crippen LogP contribution in [0.4, 0.5) is 0 Å². The Kier molecular flexibility index (Phi) is 5.83. The van der Waals surface area contributed by atoms with E-state index in [0.29, 0.717) is 6.61 Å². The fraction of sp³-hybridized carbons (Fsp3) is 0.200. The first-order chi connectivity index (χ1) is 8.34. The van der Waals surface area contributed by atoms with Gasteiger partial charge in [0.2, 0.25) is 0 Å². The maximum Gasteiger partial charge on any atom is 0.119 e. The molecule has 0 amide bonds. The standard InChI is InChI=1S/C14H14O.CH5N/c1-12-7-9-14(10-8-12)15-11-13-5-3-2-4-6-13;1-2/h2-10H,11H2,1H3;2H2,1H3.